The molecule has 2 atom stereocenters. The van der Waals surface area contributed by atoms with Crippen LogP contribution in [0.5, 0.6) is 0 Å². The van der Waals surface area contributed by atoms with E-state index in [-0.39, 0.29) is 18.4 Å². The van der Waals surface area contributed by atoms with E-state index in [1.165, 1.54) is 15.7 Å². The molecule has 3 rings (SSSR count). The Kier molecular flexibility index (Phi) is 8.56. The fourth-order valence-corrected chi connectivity index (χ4v) is 4.73. The number of nitrogens with zero attached hydrogens (tertiary/aromatic N) is 2. The van der Waals surface area contributed by atoms with Gasteiger partial charge in [-0.15, -0.1) is 0 Å². The highest BCUT2D eigenvalue weighted by Gasteiger charge is 2.35. The molecule has 190 valence electrons. The Morgan fingerprint density at radius 3 is 2.26 bits per heavy atom. The molecule has 11 heteroatoms. The molecule has 0 aliphatic carbocycles. The van der Waals surface area contributed by atoms with E-state index < -0.39 is 34.4 Å². The van der Waals surface area contributed by atoms with Gasteiger partial charge in [0, 0.05) is 37.3 Å². The van der Waals surface area contributed by atoms with Gasteiger partial charge in [0.25, 0.3) is 11.6 Å². The van der Waals surface area contributed by atoms with E-state index >= 15 is 0 Å². The van der Waals surface area contributed by atoms with Crippen LogP contribution in [-0.2, 0) is 16.6 Å². The van der Waals surface area contributed by atoms with Crippen molar-refractivity contribution in [2.24, 2.45) is 11.8 Å². The van der Waals surface area contributed by atoms with E-state index in [9.17, 15) is 31.5 Å². The molecule has 1 aromatic carbocycles. The minimum Gasteiger partial charge on any atom is -0.352 e. The first-order valence-electron chi connectivity index (χ1n) is 11.5. The maximum absolute atomic E-state index is 13.6. The van der Waals surface area contributed by atoms with Crippen LogP contribution in [0, 0.1) is 11.8 Å². The molecule has 5 nitrogen and oxygen atoms in total. The predicted octanol–water partition coefficient (Wildman–Crippen LogP) is 4.33. The highest BCUT2D eigenvalue weighted by atomic mass is 31.0. The molecule has 0 aromatic heterocycles. The van der Waals surface area contributed by atoms with Gasteiger partial charge < -0.3 is 10.2 Å². The van der Waals surface area contributed by atoms with Gasteiger partial charge in [0.15, 0.2) is 0 Å². The highest BCUT2D eigenvalue weighted by molar-refractivity contribution is 7.17. The first-order valence-corrected chi connectivity index (χ1v) is 12.1. The fourth-order valence-electron chi connectivity index (χ4n) is 4.56. The van der Waals surface area contributed by atoms with Crippen LogP contribution in [0.1, 0.15) is 54.1 Å². The fraction of sp³-hybridized carbons (Fsp3) is 0.652. The molecule has 2 aliphatic rings. The molecule has 2 heterocycles. The second-order valence-electron chi connectivity index (χ2n) is 9.44. The largest absolute Gasteiger partial charge is 0.416 e. The second-order valence-corrected chi connectivity index (χ2v) is 10.2. The topological polar surface area (TPSA) is 52.7 Å². The molecule has 2 aliphatic heterocycles. The standard InChI is InChI=1S/C23H31F5N3O2P/c1-15-3-2-6-30(13-15)14-20(32)31-7-4-16(5-8-31)12-29-21(33)17-9-18(22(24,25)26)11-19(10-17)23(27,28)34/h9-11,15-16H,2-8,12-14,34H2,1H3,(H,29,33). The van der Waals surface area contributed by atoms with Gasteiger partial charge in [-0.3, -0.25) is 14.5 Å². The summed E-state index contributed by atoms with van der Waals surface area (Å²) in [6.45, 7) is 5.75. The number of carbonyl (C=O) groups is 2. The molecule has 0 spiro atoms. The van der Waals surface area contributed by atoms with E-state index in [0.29, 0.717) is 50.5 Å². The average molecular weight is 507 g/mol. The normalized spacial score (nSPS) is 20.9. The molecule has 0 radical (unpaired) electrons. The number of alkyl halides is 5. The zero-order chi connectivity index (χ0) is 25.1. The summed E-state index contributed by atoms with van der Waals surface area (Å²) < 4.78 is 66.7. The predicted molar refractivity (Wildman–Crippen MR) is 122 cm³/mol. The van der Waals surface area contributed by atoms with Crippen LogP contribution < -0.4 is 5.32 Å². The average Bonchev–Trinajstić information content (AvgIpc) is 2.76. The molecule has 2 fully saturated rings. The number of benzene rings is 1. The van der Waals surface area contributed by atoms with Gasteiger partial charge >= 0.3 is 6.18 Å². The van der Waals surface area contributed by atoms with Crippen LogP contribution in [0.25, 0.3) is 0 Å². The number of amides is 2. The summed E-state index contributed by atoms with van der Waals surface area (Å²) in [5.41, 5.74) is -6.25. The van der Waals surface area contributed by atoms with Crippen LogP contribution in [-0.4, -0.2) is 60.9 Å². The quantitative estimate of drug-likeness (QED) is 0.461. The number of carbonyl (C=O) groups excluding carboxylic acids is 2. The van der Waals surface area contributed by atoms with Crippen molar-refractivity contribution in [2.75, 3.05) is 39.3 Å². The molecule has 2 unspecified atom stereocenters. The van der Waals surface area contributed by atoms with E-state index in [1.54, 1.807) is 0 Å². The van der Waals surface area contributed by atoms with Crippen LogP contribution in [0.2, 0.25) is 0 Å². The van der Waals surface area contributed by atoms with Crippen molar-refractivity contribution in [2.45, 2.75) is 44.4 Å². The molecule has 2 saturated heterocycles. The van der Waals surface area contributed by atoms with E-state index in [4.69, 9.17) is 0 Å². The number of halogens is 5. The van der Waals surface area contributed by atoms with Gasteiger partial charge in [-0.2, -0.15) is 22.0 Å². The van der Waals surface area contributed by atoms with Crippen LogP contribution in [0.15, 0.2) is 18.2 Å². The zero-order valence-corrected chi connectivity index (χ0v) is 20.3. The van der Waals surface area contributed by atoms with Gasteiger partial charge in [-0.25, -0.2) is 0 Å². The summed E-state index contributed by atoms with van der Waals surface area (Å²) in [6, 6.07) is 1.71. The molecule has 2 amide bonds. The Balaban J connectivity index is 1.52. The number of hydrogen-bond acceptors (Lipinski definition) is 3. The summed E-state index contributed by atoms with van der Waals surface area (Å²) in [7, 11) is 1.19. The molecule has 34 heavy (non-hydrogen) atoms. The van der Waals surface area contributed by atoms with Crippen LogP contribution >= 0.6 is 9.24 Å². The minimum atomic E-state index is -4.85. The van der Waals surface area contributed by atoms with Crippen LogP contribution in [0.3, 0.4) is 0 Å². The Morgan fingerprint density at radius 2 is 1.68 bits per heavy atom. The van der Waals surface area contributed by atoms with Gasteiger partial charge in [0.2, 0.25) is 5.91 Å². The van der Waals surface area contributed by atoms with Gasteiger partial charge in [-0.1, -0.05) is 16.2 Å². The third kappa shape index (κ3) is 7.35. The third-order valence-corrected chi connectivity index (χ3v) is 6.86. The summed E-state index contributed by atoms with van der Waals surface area (Å²) in [6.07, 6.45) is -1.27. The zero-order valence-electron chi connectivity index (χ0n) is 19.1. The number of piperidine rings is 2. The SMILES string of the molecule is CC1CCCN(CC(=O)N2CCC(CNC(=O)c3cc(C(F)(F)F)cc(C(F)(F)P)c3)CC2)C1. The van der Waals surface area contributed by atoms with Gasteiger partial charge in [0.1, 0.15) is 0 Å². The first kappa shape index (κ1) is 26.8. The lowest BCUT2D eigenvalue weighted by Crippen LogP contribution is -2.47. The van der Waals surface area contributed by atoms with Crippen molar-refractivity contribution in [1.82, 2.24) is 15.1 Å². The monoisotopic (exact) mass is 507 g/mol. The van der Waals surface area contributed by atoms with Crippen LogP contribution in [0.4, 0.5) is 22.0 Å². The Bertz CT molecular complexity index is 850. The molecular weight excluding hydrogens is 476 g/mol. The van der Waals surface area contributed by atoms with E-state index in [2.05, 4.69) is 17.1 Å². The first-order chi connectivity index (χ1) is 15.8. The second kappa shape index (κ2) is 10.9. The molecular formula is C23H31F5N3O2P. The lowest BCUT2D eigenvalue weighted by molar-refractivity contribution is -0.137. The molecule has 1 aromatic rings. The summed E-state index contributed by atoms with van der Waals surface area (Å²) in [5.74, 6) is -0.103. The van der Waals surface area contributed by atoms with E-state index in [1.807, 2.05) is 4.90 Å². The van der Waals surface area contributed by atoms with E-state index in [0.717, 1.165) is 25.6 Å². The lowest BCUT2D eigenvalue weighted by atomic mass is 9.96. The van der Waals surface area contributed by atoms with Crippen molar-refractivity contribution in [3.8, 4) is 0 Å². The maximum Gasteiger partial charge on any atom is 0.416 e. The highest BCUT2D eigenvalue weighted by Crippen LogP contribution is 2.39. The number of hydrogen-bond donors (Lipinski definition) is 1. The summed E-state index contributed by atoms with van der Waals surface area (Å²) >= 11 is 0. The van der Waals surface area contributed by atoms with Crippen molar-refractivity contribution < 1.29 is 31.5 Å². The minimum absolute atomic E-state index is 0.0523. The number of nitrogens with one attached hydrogen (secondary N) is 1. The third-order valence-electron chi connectivity index (χ3n) is 6.53. The molecule has 0 saturated carbocycles. The maximum atomic E-state index is 13.6. The number of rotatable bonds is 6. The van der Waals surface area contributed by atoms with Crippen molar-refractivity contribution in [3.63, 3.8) is 0 Å². The summed E-state index contributed by atoms with van der Waals surface area (Å²) in [4.78, 5) is 29.1. The molecule has 1 N–H and O–H groups in total. The Hall–Kier alpha value is -1.80. The van der Waals surface area contributed by atoms with Crippen molar-refractivity contribution in [3.05, 3.63) is 34.9 Å². The summed E-state index contributed by atoms with van der Waals surface area (Å²) in [5, 5.41) is 2.57. The smallest absolute Gasteiger partial charge is 0.352 e. The van der Waals surface area contributed by atoms with Crippen molar-refractivity contribution in [1.29, 1.82) is 0 Å². The number of likely N-dealkylation sites (tertiary alicyclic amines) is 2. The Morgan fingerprint density at radius 1 is 1.03 bits per heavy atom. The Labute approximate surface area is 198 Å². The van der Waals surface area contributed by atoms with Crippen molar-refractivity contribution >= 4 is 21.1 Å². The van der Waals surface area contributed by atoms with Gasteiger partial charge in [-0.05, 0) is 62.3 Å². The lowest BCUT2D eigenvalue weighted by Gasteiger charge is -2.35. The van der Waals surface area contributed by atoms with Gasteiger partial charge in [0.05, 0.1) is 12.1 Å². The molecule has 0 bridgehead atoms.